The summed E-state index contributed by atoms with van der Waals surface area (Å²) in [7, 11) is 0. The minimum atomic E-state index is -0.585. The van der Waals surface area contributed by atoms with E-state index in [0.29, 0.717) is 12.3 Å². The molecule has 0 fully saturated rings. The molecule has 1 aromatic rings. The molecule has 0 bridgehead atoms. The molecule has 0 saturated heterocycles. The second-order valence-corrected chi connectivity index (χ2v) is 3.28. The van der Waals surface area contributed by atoms with Crippen LogP contribution in [0.25, 0.3) is 0 Å². The van der Waals surface area contributed by atoms with Gasteiger partial charge in [0.25, 0.3) is 0 Å². The number of hydrogen-bond acceptors (Lipinski definition) is 6. The van der Waals surface area contributed by atoms with Gasteiger partial charge >= 0.3 is 11.8 Å². The molecule has 1 unspecified atom stereocenters. The number of nitrogens with zero attached hydrogens (tertiary/aromatic N) is 2. The predicted molar refractivity (Wildman–Crippen MR) is 60.6 cm³/mol. The Bertz CT molecular complexity index is 405. The number of hydrogen-bond donors (Lipinski definition) is 1. The lowest BCUT2D eigenvalue weighted by atomic mass is 10.3. The average Bonchev–Trinajstić information content (AvgIpc) is 2.30. The maximum Gasteiger partial charge on any atom is 0.363 e. The molecule has 1 rings (SSSR count). The minimum Gasteiger partial charge on any atom is -0.464 e. The highest BCUT2D eigenvalue weighted by molar-refractivity contribution is 5.78. The van der Waals surface area contributed by atoms with Crippen molar-refractivity contribution in [3.63, 3.8) is 0 Å². The molecule has 0 radical (unpaired) electrons. The van der Waals surface area contributed by atoms with Crippen LogP contribution in [0, 0.1) is 10.1 Å². The van der Waals surface area contributed by atoms with E-state index < -0.39 is 11.0 Å². The van der Waals surface area contributed by atoms with E-state index in [2.05, 4.69) is 10.3 Å². The highest BCUT2D eigenvalue weighted by atomic mass is 16.6. The Kier molecular flexibility index (Phi) is 4.38. The van der Waals surface area contributed by atoms with E-state index in [1.807, 2.05) is 0 Å². The third-order valence-electron chi connectivity index (χ3n) is 1.96. The highest BCUT2D eigenvalue weighted by Gasteiger charge is 2.14. The molecule has 1 atom stereocenters. The third-order valence-corrected chi connectivity index (χ3v) is 1.96. The van der Waals surface area contributed by atoms with Crippen LogP contribution in [0.3, 0.4) is 0 Å². The molecule has 0 aliphatic heterocycles. The zero-order valence-electron chi connectivity index (χ0n) is 9.54. The van der Waals surface area contributed by atoms with E-state index in [1.54, 1.807) is 13.8 Å². The summed E-state index contributed by atoms with van der Waals surface area (Å²) < 4.78 is 4.81. The van der Waals surface area contributed by atoms with Gasteiger partial charge in [-0.15, -0.1) is 0 Å². The first-order chi connectivity index (χ1) is 8.04. The molecular weight excluding hydrogens is 226 g/mol. The number of esters is 1. The molecule has 0 saturated carbocycles. The van der Waals surface area contributed by atoms with Gasteiger partial charge in [0.15, 0.2) is 6.20 Å². The lowest BCUT2D eigenvalue weighted by Gasteiger charge is -2.12. The van der Waals surface area contributed by atoms with E-state index in [9.17, 15) is 14.9 Å². The number of carbonyl (C=O) groups excluding carboxylic acids is 1. The zero-order chi connectivity index (χ0) is 12.8. The van der Waals surface area contributed by atoms with Gasteiger partial charge in [-0.25, -0.2) is 4.79 Å². The third kappa shape index (κ3) is 3.71. The Morgan fingerprint density at radius 3 is 2.82 bits per heavy atom. The number of pyridine rings is 1. The van der Waals surface area contributed by atoms with Gasteiger partial charge in [0, 0.05) is 6.07 Å². The first-order valence-electron chi connectivity index (χ1n) is 5.08. The van der Waals surface area contributed by atoms with Crippen molar-refractivity contribution in [3.8, 4) is 0 Å². The molecule has 0 aromatic carbocycles. The molecule has 17 heavy (non-hydrogen) atoms. The van der Waals surface area contributed by atoms with Crippen LogP contribution in [0.1, 0.15) is 13.8 Å². The van der Waals surface area contributed by atoms with Crippen LogP contribution in [0.4, 0.5) is 11.5 Å². The topological polar surface area (TPSA) is 94.4 Å². The van der Waals surface area contributed by atoms with Crippen molar-refractivity contribution in [2.45, 2.75) is 19.9 Å². The summed E-state index contributed by atoms with van der Waals surface area (Å²) in [4.78, 5) is 24.7. The summed E-state index contributed by atoms with van der Waals surface area (Å²) >= 11 is 0. The first kappa shape index (κ1) is 12.9. The lowest BCUT2D eigenvalue weighted by molar-refractivity contribution is -0.389. The number of nitrogens with one attached hydrogen (secondary N) is 1. The lowest BCUT2D eigenvalue weighted by Crippen LogP contribution is -2.28. The predicted octanol–water partition coefficient (Wildman–Crippen LogP) is 1.35. The number of carbonyl (C=O) groups is 1. The molecule has 92 valence electrons. The summed E-state index contributed by atoms with van der Waals surface area (Å²) in [5, 5.41) is 13.2. The van der Waals surface area contributed by atoms with Gasteiger partial charge in [-0.3, -0.25) is 0 Å². The fraction of sp³-hybridized carbons (Fsp3) is 0.400. The molecule has 1 heterocycles. The summed E-state index contributed by atoms with van der Waals surface area (Å²) in [6.07, 6.45) is 1.30. The van der Waals surface area contributed by atoms with Gasteiger partial charge in [-0.05, 0) is 29.8 Å². The van der Waals surface area contributed by atoms with E-state index in [1.165, 1.54) is 18.3 Å². The molecule has 1 N–H and O–H groups in total. The van der Waals surface area contributed by atoms with Gasteiger partial charge in [-0.1, -0.05) is 0 Å². The van der Waals surface area contributed by atoms with E-state index >= 15 is 0 Å². The van der Waals surface area contributed by atoms with Crippen molar-refractivity contribution >= 4 is 17.5 Å². The molecule has 0 aliphatic carbocycles. The number of aromatic nitrogens is 1. The van der Waals surface area contributed by atoms with Crippen LogP contribution in [0.15, 0.2) is 18.3 Å². The van der Waals surface area contributed by atoms with Gasteiger partial charge in [-0.2, -0.15) is 0 Å². The van der Waals surface area contributed by atoms with Gasteiger partial charge in [0.05, 0.1) is 12.3 Å². The Morgan fingerprint density at radius 2 is 2.35 bits per heavy atom. The van der Waals surface area contributed by atoms with Crippen LogP contribution < -0.4 is 5.32 Å². The standard InChI is InChI=1S/C10H13N3O4/c1-3-17-10(14)7(2)12-8-4-5-9(11-6-8)13(15)16/h4-7,12H,3H2,1-2H3. The van der Waals surface area contributed by atoms with Gasteiger partial charge < -0.3 is 20.2 Å². The van der Waals surface area contributed by atoms with E-state index in [0.717, 1.165) is 0 Å². The number of ether oxygens (including phenoxy) is 1. The summed E-state index contributed by atoms with van der Waals surface area (Å²) in [6, 6.07) is 2.22. The van der Waals surface area contributed by atoms with Crippen molar-refractivity contribution in [2.24, 2.45) is 0 Å². The smallest absolute Gasteiger partial charge is 0.363 e. The maximum atomic E-state index is 11.3. The van der Waals surface area contributed by atoms with Crippen molar-refractivity contribution in [1.29, 1.82) is 0 Å². The molecule has 0 amide bonds. The molecule has 0 spiro atoms. The minimum absolute atomic E-state index is 0.237. The summed E-state index contributed by atoms with van der Waals surface area (Å²) in [5.74, 6) is -0.620. The molecular formula is C10H13N3O4. The number of anilines is 1. The summed E-state index contributed by atoms with van der Waals surface area (Å²) in [6.45, 7) is 3.67. The monoisotopic (exact) mass is 239 g/mol. The van der Waals surface area contributed by atoms with Crippen LogP contribution in [0.5, 0.6) is 0 Å². The van der Waals surface area contributed by atoms with Crippen molar-refractivity contribution in [3.05, 3.63) is 28.4 Å². The zero-order valence-corrected chi connectivity index (χ0v) is 9.54. The maximum absolute atomic E-state index is 11.3. The first-order valence-corrected chi connectivity index (χ1v) is 5.08. The fourth-order valence-corrected chi connectivity index (χ4v) is 1.16. The largest absolute Gasteiger partial charge is 0.464 e. The van der Waals surface area contributed by atoms with Crippen LogP contribution in [-0.4, -0.2) is 28.5 Å². The van der Waals surface area contributed by atoms with Crippen LogP contribution in [-0.2, 0) is 9.53 Å². The quantitative estimate of drug-likeness (QED) is 0.473. The summed E-state index contributed by atoms with van der Waals surface area (Å²) in [5.41, 5.74) is 0.524. The Labute approximate surface area is 98.0 Å². The van der Waals surface area contributed by atoms with Crippen LogP contribution in [0.2, 0.25) is 0 Å². The second-order valence-electron chi connectivity index (χ2n) is 3.28. The second kappa shape index (κ2) is 5.78. The normalized spacial score (nSPS) is 11.6. The van der Waals surface area contributed by atoms with E-state index in [4.69, 9.17) is 4.74 Å². The molecule has 7 heteroatoms. The SMILES string of the molecule is CCOC(=O)C(C)Nc1ccc([N+](=O)[O-])nc1. The van der Waals surface area contributed by atoms with E-state index in [-0.39, 0.29) is 11.8 Å². The van der Waals surface area contributed by atoms with Crippen molar-refractivity contribution in [1.82, 2.24) is 4.98 Å². The van der Waals surface area contributed by atoms with Gasteiger partial charge in [0.2, 0.25) is 0 Å². The Balaban J connectivity index is 2.63. The highest BCUT2D eigenvalue weighted by Crippen LogP contribution is 2.12. The van der Waals surface area contributed by atoms with Crippen molar-refractivity contribution < 1.29 is 14.5 Å². The van der Waals surface area contributed by atoms with Crippen LogP contribution >= 0.6 is 0 Å². The molecule has 0 aliphatic rings. The Hall–Kier alpha value is -2.18. The molecule has 7 nitrogen and oxygen atoms in total. The number of rotatable bonds is 5. The van der Waals surface area contributed by atoms with Crippen molar-refractivity contribution in [2.75, 3.05) is 11.9 Å². The number of nitro groups is 1. The fourth-order valence-electron chi connectivity index (χ4n) is 1.16. The van der Waals surface area contributed by atoms with Gasteiger partial charge in [0.1, 0.15) is 6.04 Å². The Morgan fingerprint density at radius 1 is 1.65 bits per heavy atom. The molecule has 1 aromatic heterocycles. The average molecular weight is 239 g/mol.